The van der Waals surface area contributed by atoms with Gasteiger partial charge in [0, 0.05) is 60.6 Å². The van der Waals surface area contributed by atoms with Crippen molar-refractivity contribution in [2.45, 2.75) is 13.8 Å². The highest BCUT2D eigenvalue weighted by Crippen LogP contribution is 2.40. The second-order valence-corrected chi connectivity index (χ2v) is 8.71. The summed E-state index contributed by atoms with van der Waals surface area (Å²) in [6.07, 6.45) is 3.60. The fourth-order valence-electron chi connectivity index (χ4n) is 4.67. The first-order valence-corrected chi connectivity index (χ1v) is 11.2. The molecule has 0 spiro atoms. The normalized spacial score (nSPS) is 17.4. The molecule has 2 aliphatic heterocycles. The van der Waals surface area contributed by atoms with Crippen LogP contribution in [0.3, 0.4) is 0 Å². The Labute approximate surface area is 193 Å². The number of anilines is 1. The monoisotopic (exact) mass is 441 g/mol. The van der Waals surface area contributed by atoms with E-state index in [4.69, 9.17) is 0 Å². The highest BCUT2D eigenvalue weighted by molar-refractivity contribution is 6.36. The van der Waals surface area contributed by atoms with Crippen LogP contribution in [-0.4, -0.2) is 64.8 Å². The molecule has 0 radical (unpaired) electrons. The van der Waals surface area contributed by atoms with E-state index in [1.165, 1.54) is 0 Å². The quantitative estimate of drug-likeness (QED) is 0.609. The number of H-pyrrole nitrogens is 1. The summed E-state index contributed by atoms with van der Waals surface area (Å²) in [6.45, 7) is 7.05. The largest absolute Gasteiger partial charge is 0.358 e. The van der Waals surface area contributed by atoms with Crippen molar-refractivity contribution in [3.8, 4) is 11.3 Å². The topological polar surface area (TPSA) is 81.3 Å². The minimum atomic E-state index is -0.160. The molecule has 3 aromatic rings. The maximum absolute atomic E-state index is 13.3. The van der Waals surface area contributed by atoms with Crippen molar-refractivity contribution in [2.24, 2.45) is 0 Å². The van der Waals surface area contributed by atoms with Gasteiger partial charge in [0.05, 0.1) is 16.8 Å². The number of pyridine rings is 1. The molecule has 1 aromatic carbocycles. The molecule has 2 N–H and O–H groups in total. The summed E-state index contributed by atoms with van der Waals surface area (Å²) < 4.78 is 0. The molecule has 2 amide bonds. The Morgan fingerprint density at radius 1 is 1.06 bits per heavy atom. The van der Waals surface area contributed by atoms with E-state index in [2.05, 4.69) is 27.2 Å². The number of aryl methyl sites for hydroxylation is 1. The lowest BCUT2D eigenvalue weighted by molar-refractivity contribution is -0.110. The molecule has 1 fully saturated rings. The van der Waals surface area contributed by atoms with Gasteiger partial charge in [0.15, 0.2) is 0 Å². The minimum absolute atomic E-state index is 0.0458. The van der Waals surface area contributed by atoms with Gasteiger partial charge >= 0.3 is 0 Å². The molecular formula is C26H27N5O2. The minimum Gasteiger partial charge on any atom is -0.358 e. The Bertz CT molecular complexity index is 1270. The van der Waals surface area contributed by atoms with Crippen LogP contribution in [0.25, 0.3) is 22.9 Å². The van der Waals surface area contributed by atoms with Crippen molar-refractivity contribution in [1.82, 2.24) is 19.8 Å². The summed E-state index contributed by atoms with van der Waals surface area (Å²) in [5.41, 5.74) is 7.02. The number of nitrogens with zero attached hydrogens (tertiary/aromatic N) is 3. The first-order valence-electron chi connectivity index (χ1n) is 11.2. The summed E-state index contributed by atoms with van der Waals surface area (Å²) >= 11 is 0. The molecule has 2 aliphatic rings. The van der Waals surface area contributed by atoms with Gasteiger partial charge in [-0.25, -0.2) is 0 Å². The predicted molar refractivity (Wildman–Crippen MR) is 130 cm³/mol. The number of aromatic nitrogens is 2. The molecule has 2 aromatic heterocycles. The third-order valence-corrected chi connectivity index (χ3v) is 6.54. The summed E-state index contributed by atoms with van der Waals surface area (Å²) in [7, 11) is 2.07. The molecule has 5 rings (SSSR count). The van der Waals surface area contributed by atoms with Gasteiger partial charge < -0.3 is 20.1 Å². The van der Waals surface area contributed by atoms with E-state index < -0.39 is 0 Å². The Kier molecular flexibility index (Phi) is 5.34. The molecule has 1 saturated heterocycles. The van der Waals surface area contributed by atoms with E-state index >= 15 is 0 Å². The molecule has 0 atom stereocenters. The fraction of sp³-hybridized carbons (Fsp3) is 0.269. The highest BCUT2D eigenvalue weighted by atomic mass is 16.2. The number of hydrogen-bond donors (Lipinski definition) is 2. The van der Waals surface area contributed by atoms with Gasteiger partial charge in [-0.3, -0.25) is 14.6 Å². The van der Waals surface area contributed by atoms with E-state index in [-0.39, 0.29) is 11.8 Å². The third kappa shape index (κ3) is 3.74. The molecule has 168 valence electrons. The number of likely N-dealkylation sites (N-methyl/N-ethyl adjacent to an activating group) is 1. The van der Waals surface area contributed by atoms with Crippen molar-refractivity contribution >= 4 is 29.2 Å². The Hall–Kier alpha value is -3.71. The van der Waals surface area contributed by atoms with Crippen molar-refractivity contribution in [3.63, 3.8) is 0 Å². The van der Waals surface area contributed by atoms with Gasteiger partial charge in [-0.05, 0) is 50.7 Å². The van der Waals surface area contributed by atoms with Gasteiger partial charge in [0.25, 0.3) is 11.8 Å². The van der Waals surface area contributed by atoms with E-state index in [9.17, 15) is 9.59 Å². The smallest absolute Gasteiger partial charge is 0.256 e. The number of amides is 2. The Morgan fingerprint density at radius 2 is 1.85 bits per heavy atom. The second kappa shape index (κ2) is 8.33. The van der Waals surface area contributed by atoms with E-state index in [1.54, 1.807) is 6.20 Å². The van der Waals surface area contributed by atoms with Gasteiger partial charge in [0.1, 0.15) is 0 Å². The number of carbonyl (C=O) groups excluding carboxylic acids is 2. The lowest BCUT2D eigenvalue weighted by Crippen LogP contribution is -2.47. The highest BCUT2D eigenvalue weighted by Gasteiger charge is 2.29. The van der Waals surface area contributed by atoms with E-state index in [0.29, 0.717) is 11.1 Å². The summed E-state index contributed by atoms with van der Waals surface area (Å²) in [4.78, 5) is 38.2. The molecule has 0 saturated carbocycles. The standard InChI is InChI=1S/C26H27N5O2/c1-16-22(28-17(2)23(16)26(33)31-13-11-30(3)12-14-31)15-19-24-18(20-8-4-5-10-27-20)7-6-9-21(24)29-25(19)32/h4-10,15,28H,11-14H2,1-3H3,(H,29,32)/b19-15-. The molecule has 7 nitrogen and oxygen atoms in total. The third-order valence-electron chi connectivity index (χ3n) is 6.54. The predicted octanol–water partition coefficient (Wildman–Crippen LogP) is 3.57. The first-order chi connectivity index (χ1) is 15.9. The lowest BCUT2D eigenvalue weighted by atomic mass is 9.96. The van der Waals surface area contributed by atoms with Gasteiger partial charge in [-0.15, -0.1) is 0 Å². The van der Waals surface area contributed by atoms with Crippen LogP contribution in [0.5, 0.6) is 0 Å². The number of carbonyl (C=O) groups is 2. The Balaban J connectivity index is 1.55. The van der Waals surface area contributed by atoms with Crippen molar-refractivity contribution < 1.29 is 9.59 Å². The maximum atomic E-state index is 13.3. The van der Waals surface area contributed by atoms with Gasteiger partial charge in [-0.1, -0.05) is 18.2 Å². The number of aromatic amines is 1. The summed E-state index contributed by atoms with van der Waals surface area (Å²) in [5, 5.41) is 2.97. The van der Waals surface area contributed by atoms with Crippen LogP contribution in [0.1, 0.15) is 32.9 Å². The van der Waals surface area contributed by atoms with Gasteiger partial charge in [0.2, 0.25) is 0 Å². The molecular weight excluding hydrogens is 414 g/mol. The number of piperazine rings is 1. The second-order valence-electron chi connectivity index (χ2n) is 8.71. The van der Waals surface area contributed by atoms with Crippen molar-refractivity contribution in [1.29, 1.82) is 0 Å². The molecule has 0 bridgehead atoms. The van der Waals surface area contributed by atoms with Crippen LogP contribution in [0.15, 0.2) is 42.6 Å². The molecule has 7 heteroatoms. The number of fused-ring (bicyclic) bond motifs is 1. The average molecular weight is 442 g/mol. The fourth-order valence-corrected chi connectivity index (χ4v) is 4.67. The zero-order valence-electron chi connectivity index (χ0n) is 19.1. The molecule has 0 unspecified atom stereocenters. The van der Waals surface area contributed by atoms with Crippen LogP contribution >= 0.6 is 0 Å². The number of benzene rings is 1. The Morgan fingerprint density at radius 3 is 2.58 bits per heavy atom. The SMILES string of the molecule is Cc1[nH]c(/C=C2\C(=O)Nc3cccc(-c4ccccn4)c32)c(C)c1C(=O)N1CCN(C)CC1. The van der Waals surface area contributed by atoms with Crippen LogP contribution in [-0.2, 0) is 4.79 Å². The number of nitrogens with one attached hydrogen (secondary N) is 2. The van der Waals surface area contributed by atoms with Crippen LogP contribution in [0.4, 0.5) is 5.69 Å². The molecule has 4 heterocycles. The molecule has 0 aliphatic carbocycles. The maximum Gasteiger partial charge on any atom is 0.256 e. The average Bonchev–Trinajstić information content (AvgIpc) is 3.29. The zero-order valence-corrected chi connectivity index (χ0v) is 19.1. The molecule has 33 heavy (non-hydrogen) atoms. The first kappa shape index (κ1) is 21.2. The van der Waals surface area contributed by atoms with Crippen LogP contribution < -0.4 is 5.32 Å². The zero-order chi connectivity index (χ0) is 23.1. The van der Waals surface area contributed by atoms with Crippen molar-refractivity contribution in [3.05, 3.63) is 70.7 Å². The van der Waals surface area contributed by atoms with E-state index in [1.807, 2.05) is 61.2 Å². The summed E-state index contributed by atoms with van der Waals surface area (Å²) in [6, 6.07) is 11.5. The summed E-state index contributed by atoms with van der Waals surface area (Å²) in [5.74, 6) is -0.114. The van der Waals surface area contributed by atoms with Crippen molar-refractivity contribution in [2.75, 3.05) is 38.5 Å². The van der Waals surface area contributed by atoms with Crippen LogP contribution in [0, 0.1) is 13.8 Å². The van der Waals surface area contributed by atoms with Gasteiger partial charge in [-0.2, -0.15) is 0 Å². The van der Waals surface area contributed by atoms with Crippen LogP contribution in [0.2, 0.25) is 0 Å². The number of hydrogen-bond acceptors (Lipinski definition) is 4. The van der Waals surface area contributed by atoms with E-state index in [0.717, 1.165) is 65.6 Å². The number of rotatable bonds is 3. The lowest BCUT2D eigenvalue weighted by Gasteiger charge is -2.32.